The molecule has 0 spiro atoms. The third-order valence-corrected chi connectivity index (χ3v) is 6.18. The Hall–Kier alpha value is -2.67. The summed E-state index contributed by atoms with van der Waals surface area (Å²) in [5.74, 6) is 0.977. The molecule has 0 radical (unpaired) electrons. The average molecular weight is 425 g/mol. The van der Waals surface area contributed by atoms with Crippen LogP contribution in [-0.2, 0) is 23.2 Å². The summed E-state index contributed by atoms with van der Waals surface area (Å²) in [6.45, 7) is 11.1. The van der Waals surface area contributed by atoms with Crippen molar-refractivity contribution in [3.8, 4) is 5.75 Å². The first kappa shape index (κ1) is 21.6. The molecule has 166 valence electrons. The van der Waals surface area contributed by atoms with Gasteiger partial charge in [0.2, 0.25) is 5.91 Å². The summed E-state index contributed by atoms with van der Waals surface area (Å²) in [6, 6.07) is 11.4. The van der Waals surface area contributed by atoms with Crippen LogP contribution >= 0.6 is 0 Å². The van der Waals surface area contributed by atoms with Crippen LogP contribution in [0.15, 0.2) is 41.2 Å². The smallest absolute Gasteiger partial charge is 0.266 e. The van der Waals surface area contributed by atoms with E-state index >= 15 is 0 Å². The zero-order chi connectivity index (χ0) is 22.0. The Morgan fingerprint density at radius 1 is 1.06 bits per heavy atom. The fraction of sp³-hybridized carbons (Fsp3) is 0.542. The van der Waals surface area contributed by atoms with Crippen molar-refractivity contribution >= 4 is 5.91 Å². The highest BCUT2D eigenvalue weighted by atomic mass is 16.5. The zero-order valence-corrected chi connectivity index (χ0v) is 18.7. The van der Waals surface area contributed by atoms with Gasteiger partial charge in [-0.05, 0) is 24.1 Å². The molecule has 1 unspecified atom stereocenters. The third kappa shape index (κ3) is 4.98. The number of amides is 1. The lowest BCUT2D eigenvalue weighted by Gasteiger charge is -2.37. The molecule has 0 N–H and O–H groups in total. The van der Waals surface area contributed by atoms with Crippen molar-refractivity contribution in [1.29, 1.82) is 0 Å². The molecular weight excluding hydrogens is 392 g/mol. The summed E-state index contributed by atoms with van der Waals surface area (Å²) < 4.78 is 7.37. The van der Waals surface area contributed by atoms with Crippen molar-refractivity contribution in [3.05, 3.63) is 58.0 Å². The second-order valence-corrected chi connectivity index (χ2v) is 9.52. The van der Waals surface area contributed by atoms with Gasteiger partial charge in [0.15, 0.2) is 0 Å². The lowest BCUT2D eigenvalue weighted by molar-refractivity contribution is -0.138. The first-order chi connectivity index (χ1) is 14.8. The summed E-state index contributed by atoms with van der Waals surface area (Å²) >= 11 is 0. The highest BCUT2D eigenvalue weighted by molar-refractivity contribution is 5.80. The van der Waals surface area contributed by atoms with Crippen molar-refractivity contribution in [2.45, 2.75) is 39.2 Å². The first-order valence-corrected chi connectivity index (χ1v) is 11.1. The number of nitrogens with zero attached hydrogens (tertiary/aromatic N) is 4. The van der Waals surface area contributed by atoms with Gasteiger partial charge >= 0.3 is 0 Å². The molecule has 31 heavy (non-hydrogen) atoms. The number of aromatic nitrogens is 2. The molecule has 1 fully saturated rings. The average Bonchev–Trinajstić information content (AvgIpc) is 2.77. The molecule has 2 aliphatic heterocycles. The number of carbonyl (C=O) groups is 1. The quantitative estimate of drug-likeness (QED) is 0.750. The van der Waals surface area contributed by atoms with Gasteiger partial charge in [-0.2, -0.15) is 5.10 Å². The van der Waals surface area contributed by atoms with E-state index in [1.807, 2.05) is 35.2 Å². The molecule has 4 rings (SSSR count). The number of hydrogen-bond donors (Lipinski definition) is 0. The Bertz CT molecular complexity index is 987. The molecule has 0 saturated carbocycles. The van der Waals surface area contributed by atoms with Crippen LogP contribution in [0.5, 0.6) is 5.75 Å². The largest absolute Gasteiger partial charge is 0.492 e. The highest BCUT2D eigenvalue weighted by Crippen LogP contribution is 2.28. The van der Waals surface area contributed by atoms with Crippen molar-refractivity contribution in [2.24, 2.45) is 5.92 Å². The summed E-state index contributed by atoms with van der Waals surface area (Å²) in [5.41, 5.74) is 1.87. The third-order valence-electron chi connectivity index (χ3n) is 6.18. The van der Waals surface area contributed by atoms with Gasteiger partial charge in [0.25, 0.3) is 5.56 Å². The lowest BCUT2D eigenvalue weighted by Crippen LogP contribution is -2.52. The SMILES string of the molecule is CC(C)(C)c1ccc(=O)n(CCN2CCN(C(=O)C3COc4ccccc4C3)CC2)n1. The Morgan fingerprint density at radius 2 is 1.81 bits per heavy atom. The molecular formula is C24H32N4O3. The monoisotopic (exact) mass is 424 g/mol. The number of hydrogen-bond acceptors (Lipinski definition) is 5. The maximum Gasteiger partial charge on any atom is 0.266 e. The van der Waals surface area contributed by atoms with Gasteiger partial charge in [0.1, 0.15) is 12.4 Å². The summed E-state index contributed by atoms with van der Waals surface area (Å²) in [7, 11) is 0. The number of benzene rings is 1. The van der Waals surface area contributed by atoms with E-state index in [0.29, 0.717) is 26.2 Å². The van der Waals surface area contributed by atoms with E-state index in [9.17, 15) is 9.59 Å². The standard InChI is InChI=1S/C24H32N4O3/c1-24(2,3)21-8-9-22(29)28(25-21)15-12-26-10-13-27(14-11-26)23(30)19-16-18-6-4-5-7-20(18)31-17-19/h4-9,19H,10-17H2,1-3H3. The molecule has 2 aliphatic rings. The number of carbonyl (C=O) groups excluding carboxylic acids is 1. The van der Waals surface area contributed by atoms with E-state index in [1.165, 1.54) is 0 Å². The van der Waals surface area contributed by atoms with E-state index in [2.05, 4.69) is 30.8 Å². The second-order valence-electron chi connectivity index (χ2n) is 9.52. The highest BCUT2D eigenvalue weighted by Gasteiger charge is 2.31. The Kier molecular flexibility index (Phi) is 6.14. The van der Waals surface area contributed by atoms with Crippen LogP contribution in [0.2, 0.25) is 0 Å². The van der Waals surface area contributed by atoms with Crippen molar-refractivity contribution in [3.63, 3.8) is 0 Å². The van der Waals surface area contributed by atoms with Gasteiger partial charge < -0.3 is 9.64 Å². The molecule has 0 aliphatic carbocycles. The molecule has 7 nitrogen and oxygen atoms in total. The van der Waals surface area contributed by atoms with Gasteiger partial charge in [0.05, 0.1) is 18.2 Å². The van der Waals surface area contributed by atoms with Crippen LogP contribution in [-0.4, -0.2) is 64.8 Å². The van der Waals surface area contributed by atoms with Gasteiger partial charge in [0, 0.05) is 44.2 Å². The Morgan fingerprint density at radius 3 is 2.55 bits per heavy atom. The normalized spacial score (nSPS) is 19.6. The van der Waals surface area contributed by atoms with Crippen LogP contribution in [0.25, 0.3) is 0 Å². The topological polar surface area (TPSA) is 67.7 Å². The number of fused-ring (bicyclic) bond motifs is 1. The van der Waals surface area contributed by atoms with Gasteiger partial charge in [-0.25, -0.2) is 4.68 Å². The van der Waals surface area contributed by atoms with Crippen LogP contribution in [0.3, 0.4) is 0 Å². The molecule has 0 bridgehead atoms. The number of rotatable bonds is 4. The van der Waals surface area contributed by atoms with Crippen LogP contribution in [0.4, 0.5) is 0 Å². The number of piperazine rings is 1. The minimum absolute atomic E-state index is 0.0700. The van der Waals surface area contributed by atoms with E-state index in [4.69, 9.17) is 4.74 Å². The van der Waals surface area contributed by atoms with Gasteiger partial charge in [-0.3, -0.25) is 14.5 Å². The minimum atomic E-state index is -0.107. The molecule has 1 saturated heterocycles. The van der Waals surface area contributed by atoms with Crippen molar-refractivity contribution in [2.75, 3.05) is 39.3 Å². The molecule has 1 atom stereocenters. The van der Waals surface area contributed by atoms with E-state index in [1.54, 1.807) is 10.7 Å². The minimum Gasteiger partial charge on any atom is -0.492 e. The second kappa shape index (κ2) is 8.83. The van der Waals surface area contributed by atoms with E-state index in [0.717, 1.165) is 43.1 Å². The van der Waals surface area contributed by atoms with Crippen molar-refractivity contribution in [1.82, 2.24) is 19.6 Å². The predicted molar refractivity (Wildman–Crippen MR) is 119 cm³/mol. The molecule has 1 aromatic heterocycles. The molecule has 1 amide bonds. The predicted octanol–water partition coefficient (Wildman–Crippen LogP) is 1.94. The van der Waals surface area contributed by atoms with E-state index < -0.39 is 0 Å². The Labute approximate surface area is 183 Å². The summed E-state index contributed by atoms with van der Waals surface area (Å²) in [6.07, 6.45) is 0.744. The van der Waals surface area contributed by atoms with Gasteiger partial charge in [-0.15, -0.1) is 0 Å². The fourth-order valence-corrected chi connectivity index (χ4v) is 4.18. The Balaban J connectivity index is 1.29. The van der Waals surface area contributed by atoms with E-state index in [-0.39, 0.29) is 22.8 Å². The zero-order valence-electron chi connectivity index (χ0n) is 18.7. The van der Waals surface area contributed by atoms with Crippen LogP contribution < -0.4 is 10.3 Å². The van der Waals surface area contributed by atoms with Gasteiger partial charge in [-0.1, -0.05) is 39.0 Å². The summed E-state index contributed by atoms with van der Waals surface area (Å²) in [4.78, 5) is 29.5. The lowest BCUT2D eigenvalue weighted by atomic mass is 9.92. The van der Waals surface area contributed by atoms with Crippen LogP contribution in [0, 0.1) is 5.92 Å². The number of para-hydroxylation sites is 1. The molecule has 2 aromatic rings. The molecule has 7 heteroatoms. The maximum absolute atomic E-state index is 13.0. The van der Waals surface area contributed by atoms with Crippen molar-refractivity contribution < 1.29 is 9.53 Å². The fourth-order valence-electron chi connectivity index (χ4n) is 4.18. The first-order valence-electron chi connectivity index (χ1n) is 11.1. The molecule has 1 aromatic carbocycles. The van der Waals surface area contributed by atoms with Crippen LogP contribution in [0.1, 0.15) is 32.0 Å². The maximum atomic E-state index is 13.0. The molecule has 3 heterocycles. The number of ether oxygens (including phenoxy) is 1. The summed E-state index contributed by atoms with van der Waals surface area (Å²) in [5, 5.41) is 4.55.